The van der Waals surface area contributed by atoms with Crippen LogP contribution in [-0.4, -0.2) is 26.1 Å². The second-order valence-electron chi connectivity index (χ2n) is 6.06. The Kier molecular flexibility index (Phi) is 4.79. The number of piperidine rings is 1. The molecule has 0 bridgehead atoms. The summed E-state index contributed by atoms with van der Waals surface area (Å²) in [6.07, 6.45) is 3.28. The first kappa shape index (κ1) is 16.1. The van der Waals surface area contributed by atoms with Crippen LogP contribution in [0.25, 0.3) is 0 Å². The van der Waals surface area contributed by atoms with Crippen LogP contribution >= 0.6 is 12.4 Å². The molecule has 1 aliphatic carbocycles. The maximum absolute atomic E-state index is 12.4. The fourth-order valence-electron chi connectivity index (χ4n) is 3.33. The largest absolute Gasteiger partial charge is 0.495 e. The maximum Gasteiger partial charge on any atom is 0.228 e. The standard InChI is InChI=1S/C16H22N2O2.ClH/c1-11-3-4-14(20-2)13(9-11)18-15(19)12-10-16(12)5-7-17-8-6-16;/h3-4,9,12,17H,5-8,10H2,1-2H3,(H,18,19);1H. The Bertz CT molecular complexity index is 527. The Hall–Kier alpha value is -1.26. The summed E-state index contributed by atoms with van der Waals surface area (Å²) in [5, 5.41) is 6.41. The van der Waals surface area contributed by atoms with Crippen LogP contribution in [0.15, 0.2) is 18.2 Å². The van der Waals surface area contributed by atoms with Crippen LogP contribution in [0.4, 0.5) is 5.69 Å². The van der Waals surface area contributed by atoms with Gasteiger partial charge in [0.15, 0.2) is 0 Å². The SMILES string of the molecule is COc1ccc(C)cc1NC(=O)C1CC12CCNCC2.Cl. The number of carbonyl (C=O) groups excluding carboxylic acids is 1. The molecule has 0 aromatic heterocycles. The van der Waals surface area contributed by atoms with Crippen molar-refractivity contribution in [2.45, 2.75) is 26.2 Å². The molecule has 2 N–H and O–H groups in total. The van der Waals surface area contributed by atoms with Gasteiger partial charge < -0.3 is 15.4 Å². The monoisotopic (exact) mass is 310 g/mol. The van der Waals surface area contributed by atoms with Crippen LogP contribution < -0.4 is 15.4 Å². The summed E-state index contributed by atoms with van der Waals surface area (Å²) in [7, 11) is 1.63. The first-order valence-electron chi connectivity index (χ1n) is 7.31. The van der Waals surface area contributed by atoms with Crippen molar-refractivity contribution in [3.05, 3.63) is 23.8 Å². The van der Waals surface area contributed by atoms with Gasteiger partial charge in [0.05, 0.1) is 12.8 Å². The van der Waals surface area contributed by atoms with Gasteiger partial charge >= 0.3 is 0 Å². The zero-order valence-corrected chi connectivity index (χ0v) is 13.4. The van der Waals surface area contributed by atoms with Crippen LogP contribution in [-0.2, 0) is 4.79 Å². The second kappa shape index (κ2) is 6.24. The lowest BCUT2D eigenvalue weighted by molar-refractivity contribution is -0.118. The Morgan fingerprint density at radius 3 is 2.76 bits per heavy atom. The molecule has 1 spiro atoms. The number of ether oxygens (including phenoxy) is 1. The van der Waals surface area contributed by atoms with E-state index in [1.54, 1.807) is 7.11 Å². The quantitative estimate of drug-likeness (QED) is 0.902. The molecule has 21 heavy (non-hydrogen) atoms. The van der Waals surface area contributed by atoms with E-state index < -0.39 is 0 Å². The lowest BCUT2D eigenvalue weighted by Gasteiger charge is -2.23. The summed E-state index contributed by atoms with van der Waals surface area (Å²) >= 11 is 0. The molecule has 2 aliphatic rings. The fraction of sp³-hybridized carbons (Fsp3) is 0.562. The van der Waals surface area contributed by atoms with E-state index in [1.807, 2.05) is 25.1 Å². The molecule has 1 amide bonds. The Morgan fingerprint density at radius 1 is 1.38 bits per heavy atom. The van der Waals surface area contributed by atoms with Crippen molar-refractivity contribution < 1.29 is 9.53 Å². The number of methoxy groups -OCH3 is 1. The Labute approximate surface area is 132 Å². The number of amides is 1. The third-order valence-electron chi connectivity index (χ3n) is 4.72. The molecule has 0 radical (unpaired) electrons. The Balaban J connectivity index is 0.00000161. The highest BCUT2D eigenvalue weighted by molar-refractivity contribution is 5.96. The molecule has 116 valence electrons. The first-order chi connectivity index (χ1) is 9.64. The number of rotatable bonds is 3. The number of nitrogens with one attached hydrogen (secondary N) is 2. The minimum atomic E-state index is 0. The van der Waals surface area contributed by atoms with Crippen molar-refractivity contribution in [2.24, 2.45) is 11.3 Å². The zero-order valence-electron chi connectivity index (χ0n) is 12.6. The molecular formula is C16H23ClN2O2. The normalized spacial score (nSPS) is 22.3. The van der Waals surface area contributed by atoms with Gasteiger partial charge in [-0.1, -0.05) is 6.07 Å². The van der Waals surface area contributed by atoms with E-state index in [1.165, 1.54) is 0 Å². The van der Waals surface area contributed by atoms with Crippen LogP contribution in [0.3, 0.4) is 0 Å². The summed E-state index contributed by atoms with van der Waals surface area (Å²) < 4.78 is 5.31. The topological polar surface area (TPSA) is 50.4 Å². The summed E-state index contributed by atoms with van der Waals surface area (Å²) in [5.41, 5.74) is 2.17. The van der Waals surface area contributed by atoms with Crippen LogP contribution in [0.2, 0.25) is 0 Å². The molecular weight excluding hydrogens is 288 g/mol. The molecule has 4 nitrogen and oxygen atoms in total. The molecule has 1 aromatic rings. The van der Waals surface area contributed by atoms with E-state index >= 15 is 0 Å². The molecule has 3 rings (SSSR count). The van der Waals surface area contributed by atoms with E-state index in [-0.39, 0.29) is 29.6 Å². The number of anilines is 1. The molecule has 1 saturated heterocycles. The van der Waals surface area contributed by atoms with Gasteiger partial charge in [0.1, 0.15) is 5.75 Å². The van der Waals surface area contributed by atoms with Crippen LogP contribution in [0, 0.1) is 18.3 Å². The number of hydrogen-bond acceptors (Lipinski definition) is 3. The predicted octanol–water partition coefficient (Wildman–Crippen LogP) is 2.75. The van der Waals surface area contributed by atoms with Gasteiger partial charge in [-0.3, -0.25) is 4.79 Å². The molecule has 1 unspecified atom stereocenters. The highest BCUT2D eigenvalue weighted by atomic mass is 35.5. The molecule has 2 fully saturated rings. The summed E-state index contributed by atoms with van der Waals surface area (Å²) in [6.45, 7) is 4.09. The van der Waals surface area contributed by atoms with Crippen molar-refractivity contribution in [3.63, 3.8) is 0 Å². The van der Waals surface area contributed by atoms with Gasteiger partial charge in [-0.15, -0.1) is 12.4 Å². The van der Waals surface area contributed by atoms with Gasteiger partial charge in [0.25, 0.3) is 0 Å². The van der Waals surface area contributed by atoms with Gasteiger partial charge in [-0.05, 0) is 62.4 Å². The minimum absolute atomic E-state index is 0. The summed E-state index contributed by atoms with van der Waals surface area (Å²) in [4.78, 5) is 12.4. The van der Waals surface area contributed by atoms with E-state index in [2.05, 4.69) is 10.6 Å². The second-order valence-corrected chi connectivity index (χ2v) is 6.06. The van der Waals surface area contributed by atoms with Crippen molar-refractivity contribution >= 4 is 24.0 Å². The van der Waals surface area contributed by atoms with E-state index in [0.29, 0.717) is 0 Å². The molecule has 5 heteroatoms. The van der Waals surface area contributed by atoms with Gasteiger partial charge in [0, 0.05) is 5.92 Å². The van der Waals surface area contributed by atoms with Gasteiger partial charge in [-0.2, -0.15) is 0 Å². The smallest absolute Gasteiger partial charge is 0.228 e. The molecule has 1 saturated carbocycles. The van der Waals surface area contributed by atoms with E-state index in [9.17, 15) is 4.79 Å². The van der Waals surface area contributed by atoms with Crippen molar-refractivity contribution in [3.8, 4) is 5.75 Å². The van der Waals surface area contributed by atoms with Crippen LogP contribution in [0.5, 0.6) is 5.75 Å². The number of carbonyl (C=O) groups is 1. The summed E-state index contributed by atoms with van der Waals surface area (Å²) in [6, 6.07) is 5.85. The third-order valence-corrected chi connectivity index (χ3v) is 4.72. The van der Waals surface area contributed by atoms with Crippen LogP contribution in [0.1, 0.15) is 24.8 Å². The summed E-state index contributed by atoms with van der Waals surface area (Å²) in [5.74, 6) is 1.05. The lowest BCUT2D eigenvalue weighted by Crippen LogP contribution is -2.31. The van der Waals surface area contributed by atoms with E-state index in [0.717, 1.165) is 49.4 Å². The molecule has 1 aliphatic heterocycles. The van der Waals surface area contributed by atoms with Crippen molar-refractivity contribution in [1.82, 2.24) is 5.32 Å². The zero-order chi connectivity index (χ0) is 14.2. The number of aryl methyl sites for hydroxylation is 1. The number of hydrogen-bond donors (Lipinski definition) is 2. The predicted molar refractivity (Wildman–Crippen MR) is 86.3 cm³/mol. The Morgan fingerprint density at radius 2 is 2.10 bits per heavy atom. The van der Waals surface area contributed by atoms with Gasteiger partial charge in [0.2, 0.25) is 5.91 Å². The van der Waals surface area contributed by atoms with E-state index in [4.69, 9.17) is 4.74 Å². The minimum Gasteiger partial charge on any atom is -0.495 e. The molecule has 1 atom stereocenters. The average molecular weight is 311 g/mol. The number of halogens is 1. The van der Waals surface area contributed by atoms with Crippen molar-refractivity contribution in [1.29, 1.82) is 0 Å². The maximum atomic E-state index is 12.4. The fourth-order valence-corrected chi connectivity index (χ4v) is 3.33. The highest BCUT2D eigenvalue weighted by Gasteiger charge is 2.57. The lowest BCUT2D eigenvalue weighted by atomic mass is 9.92. The molecule has 1 aromatic carbocycles. The third kappa shape index (κ3) is 3.16. The van der Waals surface area contributed by atoms with Crippen molar-refractivity contribution in [2.75, 3.05) is 25.5 Å². The highest BCUT2D eigenvalue weighted by Crippen LogP contribution is 2.58. The van der Waals surface area contributed by atoms with Gasteiger partial charge in [-0.25, -0.2) is 0 Å². The first-order valence-corrected chi connectivity index (χ1v) is 7.31. The number of benzene rings is 1. The average Bonchev–Trinajstić information content (AvgIpc) is 3.13. The molecule has 1 heterocycles.